The third kappa shape index (κ3) is 5.22. The molecule has 0 amide bonds. The van der Waals surface area contributed by atoms with Gasteiger partial charge in [0.25, 0.3) is 0 Å². The number of pyridine rings is 1. The Morgan fingerprint density at radius 3 is 2.48 bits per heavy atom. The number of rotatable bonds is 8. The molecule has 2 heteroatoms. The zero-order chi connectivity index (χ0) is 14.9. The Morgan fingerprint density at radius 1 is 1.00 bits per heavy atom. The largest absolute Gasteiger partial charge is 0.491 e. The van der Waals surface area contributed by atoms with Gasteiger partial charge < -0.3 is 4.74 Å². The Bertz CT molecular complexity index is 507. The van der Waals surface area contributed by atoms with Gasteiger partial charge in [0, 0.05) is 12.4 Å². The number of hydrogen-bond acceptors (Lipinski definition) is 2. The number of hydrogen-bond donors (Lipinski definition) is 0. The molecule has 112 valence electrons. The summed E-state index contributed by atoms with van der Waals surface area (Å²) in [7, 11) is 0. The molecule has 1 aromatic carbocycles. The highest BCUT2D eigenvalue weighted by Gasteiger charge is 2.04. The van der Waals surface area contributed by atoms with Crippen LogP contribution >= 0.6 is 0 Å². The number of aromatic nitrogens is 1. The average Bonchev–Trinajstić information content (AvgIpc) is 2.53. The summed E-state index contributed by atoms with van der Waals surface area (Å²) >= 11 is 0. The van der Waals surface area contributed by atoms with Gasteiger partial charge in [-0.05, 0) is 49.1 Å². The predicted molar refractivity (Wildman–Crippen MR) is 88.5 cm³/mol. The standard InChI is InChI=1S/C19H25NO/c1-3-4-5-6-8-16(2)21-19-12-10-17(11-13-19)18-9-7-14-20-15-18/h7,9-16H,3-6,8H2,1-2H3/t16-/m1/s1. The molecule has 2 aromatic rings. The monoisotopic (exact) mass is 283 g/mol. The Hall–Kier alpha value is -1.83. The highest BCUT2D eigenvalue weighted by Crippen LogP contribution is 2.22. The van der Waals surface area contributed by atoms with Gasteiger partial charge in [-0.15, -0.1) is 0 Å². The van der Waals surface area contributed by atoms with Crippen molar-refractivity contribution in [3.63, 3.8) is 0 Å². The van der Waals surface area contributed by atoms with Gasteiger partial charge in [-0.25, -0.2) is 0 Å². The second kappa shape index (κ2) is 8.46. The minimum atomic E-state index is 0.283. The summed E-state index contributed by atoms with van der Waals surface area (Å²) in [6.07, 6.45) is 10.3. The summed E-state index contributed by atoms with van der Waals surface area (Å²) in [6, 6.07) is 12.3. The first-order valence-electron chi connectivity index (χ1n) is 7.96. The quantitative estimate of drug-likeness (QED) is 0.598. The molecule has 2 rings (SSSR count). The maximum Gasteiger partial charge on any atom is 0.119 e. The Morgan fingerprint density at radius 2 is 1.81 bits per heavy atom. The molecule has 0 unspecified atom stereocenters. The van der Waals surface area contributed by atoms with Crippen molar-refractivity contribution in [3.8, 4) is 16.9 Å². The minimum absolute atomic E-state index is 0.283. The van der Waals surface area contributed by atoms with E-state index >= 15 is 0 Å². The number of ether oxygens (including phenoxy) is 1. The molecule has 0 aliphatic rings. The molecule has 1 aromatic heterocycles. The molecule has 0 spiro atoms. The number of unbranched alkanes of at least 4 members (excludes halogenated alkanes) is 3. The summed E-state index contributed by atoms with van der Waals surface area (Å²) < 4.78 is 5.97. The summed E-state index contributed by atoms with van der Waals surface area (Å²) in [6.45, 7) is 4.39. The molecular weight excluding hydrogens is 258 g/mol. The van der Waals surface area contributed by atoms with E-state index in [0.717, 1.165) is 17.7 Å². The lowest BCUT2D eigenvalue weighted by Gasteiger charge is -2.15. The number of benzene rings is 1. The smallest absolute Gasteiger partial charge is 0.119 e. The zero-order valence-electron chi connectivity index (χ0n) is 13.1. The van der Waals surface area contributed by atoms with Gasteiger partial charge in [-0.2, -0.15) is 0 Å². The van der Waals surface area contributed by atoms with E-state index < -0.39 is 0 Å². The third-order valence-corrected chi connectivity index (χ3v) is 3.65. The van der Waals surface area contributed by atoms with Crippen LogP contribution < -0.4 is 4.74 Å². The first-order chi connectivity index (χ1) is 10.3. The molecule has 0 saturated carbocycles. The topological polar surface area (TPSA) is 22.1 Å². The van der Waals surface area contributed by atoms with Crippen LogP contribution in [0, 0.1) is 0 Å². The van der Waals surface area contributed by atoms with Crippen molar-refractivity contribution in [2.75, 3.05) is 0 Å². The zero-order valence-corrected chi connectivity index (χ0v) is 13.1. The fourth-order valence-corrected chi connectivity index (χ4v) is 2.41. The van der Waals surface area contributed by atoms with Crippen molar-refractivity contribution in [1.82, 2.24) is 4.98 Å². The third-order valence-electron chi connectivity index (χ3n) is 3.65. The fraction of sp³-hybridized carbons (Fsp3) is 0.421. The predicted octanol–water partition coefficient (Wildman–Crippen LogP) is 5.49. The van der Waals surface area contributed by atoms with Crippen LogP contribution in [0.5, 0.6) is 5.75 Å². The van der Waals surface area contributed by atoms with Crippen LogP contribution in [-0.4, -0.2) is 11.1 Å². The van der Waals surface area contributed by atoms with E-state index in [1.807, 2.05) is 24.4 Å². The summed E-state index contributed by atoms with van der Waals surface area (Å²) in [5, 5.41) is 0. The fourth-order valence-electron chi connectivity index (χ4n) is 2.41. The minimum Gasteiger partial charge on any atom is -0.491 e. The maximum absolute atomic E-state index is 5.97. The molecule has 0 fully saturated rings. The van der Waals surface area contributed by atoms with Gasteiger partial charge in [0.2, 0.25) is 0 Å². The normalized spacial score (nSPS) is 12.1. The van der Waals surface area contributed by atoms with E-state index in [4.69, 9.17) is 4.74 Å². The highest BCUT2D eigenvalue weighted by molar-refractivity contribution is 5.62. The molecular formula is C19H25NO. The van der Waals surface area contributed by atoms with E-state index in [0.29, 0.717) is 0 Å². The van der Waals surface area contributed by atoms with E-state index in [1.165, 1.54) is 31.2 Å². The molecule has 21 heavy (non-hydrogen) atoms. The Kier molecular flexibility index (Phi) is 6.26. The van der Waals surface area contributed by atoms with Gasteiger partial charge in [0.05, 0.1) is 6.10 Å². The van der Waals surface area contributed by atoms with E-state index in [9.17, 15) is 0 Å². The van der Waals surface area contributed by atoms with Crippen LogP contribution in [0.25, 0.3) is 11.1 Å². The summed E-state index contributed by atoms with van der Waals surface area (Å²) in [5.41, 5.74) is 2.31. The summed E-state index contributed by atoms with van der Waals surface area (Å²) in [5.74, 6) is 0.950. The summed E-state index contributed by atoms with van der Waals surface area (Å²) in [4.78, 5) is 4.15. The van der Waals surface area contributed by atoms with E-state index in [-0.39, 0.29) is 6.10 Å². The molecule has 0 radical (unpaired) electrons. The molecule has 2 nitrogen and oxygen atoms in total. The average molecular weight is 283 g/mol. The number of nitrogens with zero attached hydrogens (tertiary/aromatic N) is 1. The van der Waals surface area contributed by atoms with Crippen molar-refractivity contribution in [3.05, 3.63) is 48.8 Å². The van der Waals surface area contributed by atoms with Crippen molar-refractivity contribution < 1.29 is 4.74 Å². The van der Waals surface area contributed by atoms with Gasteiger partial charge in [0.15, 0.2) is 0 Å². The van der Waals surface area contributed by atoms with Crippen LogP contribution in [0.1, 0.15) is 46.0 Å². The van der Waals surface area contributed by atoms with Gasteiger partial charge in [-0.3, -0.25) is 4.98 Å². The Balaban J connectivity index is 1.85. The van der Waals surface area contributed by atoms with Crippen LogP contribution in [-0.2, 0) is 0 Å². The van der Waals surface area contributed by atoms with Crippen molar-refractivity contribution in [1.29, 1.82) is 0 Å². The molecule has 0 aliphatic heterocycles. The maximum atomic E-state index is 5.97. The van der Waals surface area contributed by atoms with Crippen LogP contribution in [0.2, 0.25) is 0 Å². The molecule has 1 atom stereocenters. The lowest BCUT2D eigenvalue weighted by atomic mass is 10.1. The lowest BCUT2D eigenvalue weighted by Crippen LogP contribution is -2.11. The molecule has 0 bridgehead atoms. The molecule has 1 heterocycles. The second-order valence-corrected chi connectivity index (χ2v) is 5.54. The van der Waals surface area contributed by atoms with Gasteiger partial charge in [-0.1, -0.05) is 44.4 Å². The van der Waals surface area contributed by atoms with Crippen LogP contribution in [0.3, 0.4) is 0 Å². The molecule has 0 N–H and O–H groups in total. The molecule has 0 saturated heterocycles. The first-order valence-corrected chi connectivity index (χ1v) is 7.96. The van der Waals surface area contributed by atoms with E-state index in [1.54, 1.807) is 6.20 Å². The van der Waals surface area contributed by atoms with Crippen molar-refractivity contribution >= 4 is 0 Å². The molecule has 0 aliphatic carbocycles. The van der Waals surface area contributed by atoms with Gasteiger partial charge >= 0.3 is 0 Å². The van der Waals surface area contributed by atoms with Crippen LogP contribution in [0.4, 0.5) is 0 Å². The second-order valence-electron chi connectivity index (χ2n) is 5.54. The SMILES string of the molecule is CCCCCC[C@@H](C)Oc1ccc(-c2cccnc2)cc1. The Labute approximate surface area is 128 Å². The van der Waals surface area contributed by atoms with Crippen molar-refractivity contribution in [2.24, 2.45) is 0 Å². The van der Waals surface area contributed by atoms with Crippen molar-refractivity contribution in [2.45, 2.75) is 52.1 Å². The lowest BCUT2D eigenvalue weighted by molar-refractivity contribution is 0.206. The first kappa shape index (κ1) is 15.6. The van der Waals surface area contributed by atoms with Crippen LogP contribution in [0.15, 0.2) is 48.8 Å². The highest BCUT2D eigenvalue weighted by atomic mass is 16.5. The van der Waals surface area contributed by atoms with E-state index in [2.05, 4.69) is 37.0 Å². The van der Waals surface area contributed by atoms with Gasteiger partial charge in [0.1, 0.15) is 5.75 Å².